The zero-order valence-electron chi connectivity index (χ0n) is 8.78. The molecule has 0 fully saturated rings. The first-order valence-electron chi connectivity index (χ1n) is 4.62. The van der Waals surface area contributed by atoms with Crippen LogP contribution in [0.1, 0.15) is 5.56 Å². The van der Waals surface area contributed by atoms with Gasteiger partial charge in [0.2, 0.25) is 10.0 Å². The second-order valence-electron chi connectivity index (χ2n) is 3.32. The van der Waals surface area contributed by atoms with Crippen LogP contribution in [0.3, 0.4) is 0 Å². The summed E-state index contributed by atoms with van der Waals surface area (Å²) in [7, 11) is -3.60. The van der Waals surface area contributed by atoms with Crippen molar-refractivity contribution in [3.05, 3.63) is 26.6 Å². The second kappa shape index (κ2) is 5.17. The molecular weight excluding hydrogens is 364 g/mol. The Morgan fingerprint density at radius 3 is 2.83 bits per heavy atom. The van der Waals surface area contributed by atoms with Gasteiger partial charge < -0.3 is 5.73 Å². The van der Waals surface area contributed by atoms with Gasteiger partial charge in [-0.1, -0.05) is 11.6 Å². The lowest BCUT2D eigenvalue weighted by molar-refractivity contribution is 0.583. The smallest absolute Gasteiger partial charge is 0.250 e. The van der Waals surface area contributed by atoms with Gasteiger partial charge in [-0.2, -0.15) is 5.10 Å². The van der Waals surface area contributed by atoms with Crippen molar-refractivity contribution >= 4 is 54.7 Å². The normalized spacial score (nSPS) is 11.9. The third-order valence-electron chi connectivity index (χ3n) is 2.09. The molecular formula is C8H8BrClN4O2S2. The van der Waals surface area contributed by atoms with Gasteiger partial charge >= 0.3 is 0 Å². The topological polar surface area (TPSA) is 101 Å². The molecule has 0 saturated heterocycles. The average Bonchev–Trinajstić information content (AvgIpc) is 2.84. The number of sulfonamides is 1. The highest BCUT2D eigenvalue weighted by atomic mass is 79.9. The van der Waals surface area contributed by atoms with Crippen LogP contribution in [0.15, 0.2) is 20.3 Å². The maximum absolute atomic E-state index is 12.0. The van der Waals surface area contributed by atoms with Crippen LogP contribution in [0, 0.1) is 0 Å². The van der Waals surface area contributed by atoms with E-state index >= 15 is 0 Å². The number of hydrogen-bond donors (Lipinski definition) is 3. The van der Waals surface area contributed by atoms with Crippen LogP contribution in [0.2, 0.25) is 5.02 Å². The highest BCUT2D eigenvalue weighted by Crippen LogP contribution is 2.34. The van der Waals surface area contributed by atoms with Gasteiger partial charge in [-0.25, -0.2) is 13.1 Å². The fourth-order valence-corrected chi connectivity index (χ4v) is 4.61. The lowest BCUT2D eigenvalue weighted by Gasteiger charge is -2.03. The first kappa shape index (κ1) is 13.8. The predicted molar refractivity (Wildman–Crippen MR) is 74.1 cm³/mol. The summed E-state index contributed by atoms with van der Waals surface area (Å²) in [6.45, 7) is 0.0673. The zero-order valence-corrected chi connectivity index (χ0v) is 12.8. The molecule has 18 heavy (non-hydrogen) atoms. The van der Waals surface area contributed by atoms with E-state index in [9.17, 15) is 8.42 Å². The Balaban J connectivity index is 2.15. The quantitative estimate of drug-likeness (QED) is 0.764. The number of H-pyrrole nitrogens is 1. The largest absolute Gasteiger partial charge is 0.384 e. The average molecular weight is 372 g/mol. The summed E-state index contributed by atoms with van der Waals surface area (Å²) in [6.07, 6.45) is 1.47. The molecule has 10 heteroatoms. The Labute approximate surface area is 121 Å². The summed E-state index contributed by atoms with van der Waals surface area (Å²) in [5, 5.41) is 6.59. The fraction of sp³-hybridized carbons (Fsp3) is 0.125. The number of thiophene rings is 1. The highest BCUT2D eigenvalue weighted by Gasteiger charge is 2.19. The van der Waals surface area contributed by atoms with E-state index in [1.165, 1.54) is 12.3 Å². The Morgan fingerprint density at radius 2 is 2.33 bits per heavy atom. The maximum atomic E-state index is 12.0. The van der Waals surface area contributed by atoms with E-state index in [0.717, 1.165) is 11.3 Å². The molecule has 0 atom stereocenters. The minimum Gasteiger partial charge on any atom is -0.384 e. The second-order valence-corrected chi connectivity index (χ2v) is 8.09. The van der Waals surface area contributed by atoms with E-state index in [4.69, 9.17) is 17.3 Å². The van der Waals surface area contributed by atoms with Crippen molar-refractivity contribution in [3.63, 3.8) is 0 Å². The molecule has 0 spiro atoms. The van der Waals surface area contributed by atoms with E-state index in [-0.39, 0.29) is 10.8 Å². The molecule has 0 aliphatic heterocycles. The van der Waals surface area contributed by atoms with Crippen LogP contribution in [-0.4, -0.2) is 18.6 Å². The SMILES string of the molecule is Nc1[nH]ncc1CNS(=O)(=O)c1cc(Cl)c(Br)s1. The molecule has 0 saturated carbocycles. The van der Waals surface area contributed by atoms with Crippen LogP contribution in [0.5, 0.6) is 0 Å². The third-order valence-corrected chi connectivity index (χ3v) is 6.44. The highest BCUT2D eigenvalue weighted by molar-refractivity contribution is 9.11. The van der Waals surface area contributed by atoms with Gasteiger partial charge in [-0.3, -0.25) is 5.10 Å². The van der Waals surface area contributed by atoms with Gasteiger partial charge in [0, 0.05) is 12.1 Å². The molecule has 0 aliphatic carbocycles. The van der Waals surface area contributed by atoms with E-state index in [0.29, 0.717) is 20.2 Å². The van der Waals surface area contributed by atoms with Gasteiger partial charge in [0.25, 0.3) is 0 Å². The zero-order chi connectivity index (χ0) is 13.3. The van der Waals surface area contributed by atoms with Gasteiger partial charge in [-0.05, 0) is 22.0 Å². The molecule has 2 heterocycles. The van der Waals surface area contributed by atoms with Crippen LogP contribution in [0.25, 0.3) is 0 Å². The van der Waals surface area contributed by atoms with Crippen LogP contribution in [-0.2, 0) is 16.6 Å². The van der Waals surface area contributed by atoms with Crippen LogP contribution >= 0.6 is 38.9 Å². The molecule has 6 nitrogen and oxygen atoms in total. The molecule has 2 aromatic heterocycles. The monoisotopic (exact) mass is 370 g/mol. The summed E-state index contributed by atoms with van der Waals surface area (Å²) >= 11 is 10.0. The van der Waals surface area contributed by atoms with Crippen molar-refractivity contribution in [2.75, 3.05) is 5.73 Å². The van der Waals surface area contributed by atoms with Gasteiger partial charge in [0.1, 0.15) is 10.0 Å². The molecule has 98 valence electrons. The lowest BCUT2D eigenvalue weighted by Crippen LogP contribution is -2.22. The predicted octanol–water partition coefficient (Wildman–Crippen LogP) is 1.95. The molecule has 2 rings (SSSR count). The number of aromatic amines is 1. The number of nitrogen functional groups attached to an aromatic ring is 1. The van der Waals surface area contributed by atoms with E-state index in [1.54, 1.807) is 0 Å². The summed E-state index contributed by atoms with van der Waals surface area (Å²) in [4.78, 5) is 0. The Morgan fingerprint density at radius 1 is 1.61 bits per heavy atom. The van der Waals surface area contributed by atoms with Gasteiger partial charge in [-0.15, -0.1) is 11.3 Å². The maximum Gasteiger partial charge on any atom is 0.250 e. The summed E-state index contributed by atoms with van der Waals surface area (Å²) in [5.74, 6) is 0.336. The molecule has 2 aromatic rings. The standard InChI is InChI=1S/C8H8BrClN4O2S2/c9-7-5(10)1-6(17-7)18(15,16)13-3-4-2-12-14-8(4)11/h1-2,13H,3H2,(H3,11,12,14). The van der Waals surface area contributed by atoms with Crippen LogP contribution in [0.4, 0.5) is 5.82 Å². The van der Waals surface area contributed by atoms with Crippen molar-refractivity contribution in [1.82, 2.24) is 14.9 Å². The molecule has 0 unspecified atom stereocenters. The number of nitrogens with one attached hydrogen (secondary N) is 2. The number of rotatable bonds is 4. The Bertz CT molecular complexity index is 647. The van der Waals surface area contributed by atoms with Crippen LogP contribution < -0.4 is 10.5 Å². The minimum atomic E-state index is -3.60. The summed E-state index contributed by atoms with van der Waals surface area (Å²) in [5.41, 5.74) is 6.14. The fourth-order valence-electron chi connectivity index (χ4n) is 1.17. The number of nitrogens with two attached hydrogens (primary N) is 1. The number of aromatic nitrogens is 2. The molecule has 0 amide bonds. The number of anilines is 1. The molecule has 0 aromatic carbocycles. The number of halogens is 2. The first-order valence-corrected chi connectivity index (χ1v) is 8.09. The van der Waals surface area contributed by atoms with Crippen molar-refractivity contribution in [1.29, 1.82) is 0 Å². The van der Waals surface area contributed by atoms with E-state index in [2.05, 4.69) is 30.8 Å². The van der Waals surface area contributed by atoms with Crippen molar-refractivity contribution in [3.8, 4) is 0 Å². The first-order chi connectivity index (χ1) is 8.40. The van der Waals surface area contributed by atoms with Gasteiger partial charge in [0.15, 0.2) is 0 Å². The number of hydrogen-bond acceptors (Lipinski definition) is 5. The molecule has 0 radical (unpaired) electrons. The van der Waals surface area contributed by atoms with Crippen molar-refractivity contribution in [2.45, 2.75) is 10.8 Å². The summed E-state index contributed by atoms with van der Waals surface area (Å²) < 4.78 is 27.0. The summed E-state index contributed by atoms with van der Waals surface area (Å²) in [6, 6.07) is 1.39. The van der Waals surface area contributed by atoms with Crippen molar-refractivity contribution < 1.29 is 8.42 Å². The Kier molecular flexibility index (Phi) is 3.97. The lowest BCUT2D eigenvalue weighted by atomic mass is 10.3. The minimum absolute atomic E-state index is 0.0673. The van der Waals surface area contributed by atoms with E-state index < -0.39 is 10.0 Å². The molecule has 4 N–H and O–H groups in total. The third kappa shape index (κ3) is 2.86. The number of nitrogens with zero attached hydrogens (tertiary/aromatic N) is 1. The van der Waals surface area contributed by atoms with Crippen molar-refractivity contribution in [2.24, 2.45) is 0 Å². The van der Waals surface area contributed by atoms with E-state index in [1.807, 2.05) is 0 Å². The molecule has 0 aliphatic rings. The van der Waals surface area contributed by atoms with Gasteiger partial charge in [0.05, 0.1) is 15.0 Å². The Hall–Kier alpha value is -0.610. The molecule has 0 bridgehead atoms.